The second-order valence-corrected chi connectivity index (χ2v) is 5.57. The van der Waals surface area contributed by atoms with Crippen LogP contribution in [0.2, 0.25) is 0 Å². The summed E-state index contributed by atoms with van der Waals surface area (Å²) in [6, 6.07) is 1.40. The van der Waals surface area contributed by atoms with Crippen LogP contribution in [0.1, 0.15) is 36.2 Å². The molecule has 1 unspecified atom stereocenters. The van der Waals surface area contributed by atoms with Gasteiger partial charge in [0.15, 0.2) is 0 Å². The molecule has 0 aliphatic rings. The van der Waals surface area contributed by atoms with Gasteiger partial charge in [-0.3, -0.25) is 14.9 Å². The summed E-state index contributed by atoms with van der Waals surface area (Å²) in [7, 11) is 1.34. The van der Waals surface area contributed by atoms with Gasteiger partial charge in [0, 0.05) is 11.6 Å². The highest BCUT2D eigenvalue weighted by Crippen LogP contribution is 2.29. The van der Waals surface area contributed by atoms with Crippen molar-refractivity contribution in [3.8, 4) is 5.75 Å². The fraction of sp³-hybridized carbons (Fsp3) is 0.467. The number of hydrogen-bond acceptors (Lipinski definition) is 5. The van der Waals surface area contributed by atoms with Gasteiger partial charge >= 0.3 is 5.97 Å². The third-order valence-electron chi connectivity index (χ3n) is 3.32. The zero-order chi connectivity index (χ0) is 17.7. The minimum absolute atomic E-state index is 0.0193. The van der Waals surface area contributed by atoms with E-state index in [9.17, 15) is 19.7 Å². The number of nitrogens with one attached hydrogen (secondary N) is 1. The zero-order valence-corrected chi connectivity index (χ0v) is 13.5. The molecule has 0 bridgehead atoms. The van der Waals surface area contributed by atoms with Crippen LogP contribution in [-0.4, -0.2) is 35.1 Å². The molecule has 0 aromatic heterocycles. The molecule has 23 heavy (non-hydrogen) atoms. The predicted octanol–water partition coefficient (Wildman–Crippen LogP) is 2.14. The van der Waals surface area contributed by atoms with Crippen LogP contribution in [-0.2, 0) is 4.79 Å². The van der Waals surface area contributed by atoms with Gasteiger partial charge in [-0.25, -0.2) is 4.79 Å². The Hall–Kier alpha value is -2.64. The van der Waals surface area contributed by atoms with Gasteiger partial charge < -0.3 is 15.2 Å². The Morgan fingerprint density at radius 2 is 2.00 bits per heavy atom. The van der Waals surface area contributed by atoms with Crippen molar-refractivity contribution in [1.82, 2.24) is 5.32 Å². The molecule has 2 N–H and O–H groups in total. The first kappa shape index (κ1) is 18.4. The number of hydrogen-bond donors (Lipinski definition) is 2. The third-order valence-corrected chi connectivity index (χ3v) is 3.32. The van der Waals surface area contributed by atoms with E-state index >= 15 is 0 Å². The minimum atomic E-state index is -1.15. The first-order chi connectivity index (χ1) is 10.7. The summed E-state index contributed by atoms with van der Waals surface area (Å²) >= 11 is 0. The van der Waals surface area contributed by atoms with Crippen molar-refractivity contribution in [3.63, 3.8) is 0 Å². The van der Waals surface area contributed by atoms with Gasteiger partial charge in [0.2, 0.25) is 0 Å². The van der Waals surface area contributed by atoms with Crippen molar-refractivity contribution >= 4 is 17.6 Å². The lowest BCUT2D eigenvalue weighted by molar-refractivity contribution is -0.385. The minimum Gasteiger partial charge on any atom is -0.496 e. The van der Waals surface area contributed by atoms with Gasteiger partial charge in [-0.15, -0.1) is 0 Å². The highest BCUT2D eigenvalue weighted by Gasteiger charge is 2.24. The summed E-state index contributed by atoms with van der Waals surface area (Å²) in [6.07, 6.45) is 0.256. The summed E-state index contributed by atoms with van der Waals surface area (Å²) in [5.41, 5.74) is 0.0189. The molecule has 1 atom stereocenters. The molecule has 0 radical (unpaired) electrons. The number of carboxylic acids is 1. The van der Waals surface area contributed by atoms with Crippen molar-refractivity contribution in [2.75, 3.05) is 7.11 Å². The molecule has 126 valence electrons. The molecule has 0 spiro atoms. The Kier molecular flexibility index (Phi) is 6.06. The molecule has 1 amide bonds. The largest absolute Gasteiger partial charge is 0.496 e. The van der Waals surface area contributed by atoms with E-state index in [0.29, 0.717) is 5.56 Å². The molecule has 0 aliphatic carbocycles. The maximum Gasteiger partial charge on any atom is 0.326 e. The highest BCUT2D eigenvalue weighted by atomic mass is 16.6. The number of carboxylic acid groups (broad SMARTS) is 1. The number of nitrogens with zero attached hydrogens (tertiary/aromatic N) is 1. The van der Waals surface area contributed by atoms with E-state index in [-0.39, 0.29) is 29.3 Å². The number of aliphatic carboxylic acids is 1. The Bertz CT molecular complexity index is 627. The van der Waals surface area contributed by atoms with Gasteiger partial charge in [0.25, 0.3) is 11.6 Å². The number of carbonyl (C=O) groups is 2. The highest BCUT2D eigenvalue weighted by molar-refractivity contribution is 5.97. The number of methoxy groups -OCH3 is 1. The van der Waals surface area contributed by atoms with Gasteiger partial charge in [0.1, 0.15) is 11.8 Å². The van der Waals surface area contributed by atoms with Crippen LogP contribution < -0.4 is 10.1 Å². The number of benzene rings is 1. The lowest BCUT2D eigenvalue weighted by Crippen LogP contribution is -2.41. The van der Waals surface area contributed by atoms with Crippen molar-refractivity contribution in [2.45, 2.75) is 33.2 Å². The van der Waals surface area contributed by atoms with E-state index in [1.165, 1.54) is 20.1 Å². The molecule has 1 aromatic carbocycles. The second kappa shape index (κ2) is 7.57. The molecule has 0 saturated heterocycles. The molecule has 0 saturated carbocycles. The second-order valence-electron chi connectivity index (χ2n) is 5.57. The molecule has 0 aliphatic heterocycles. The predicted molar refractivity (Wildman–Crippen MR) is 82.7 cm³/mol. The van der Waals surface area contributed by atoms with Crippen LogP contribution in [0, 0.1) is 23.0 Å². The molecule has 8 heteroatoms. The van der Waals surface area contributed by atoms with Crippen molar-refractivity contribution in [1.29, 1.82) is 0 Å². The third kappa shape index (κ3) is 4.67. The summed E-state index contributed by atoms with van der Waals surface area (Å²) in [5.74, 6) is -1.58. The zero-order valence-electron chi connectivity index (χ0n) is 13.5. The molecule has 0 heterocycles. The maximum absolute atomic E-state index is 12.2. The van der Waals surface area contributed by atoms with Crippen LogP contribution >= 0.6 is 0 Å². The fourth-order valence-electron chi connectivity index (χ4n) is 2.14. The van der Waals surface area contributed by atoms with Gasteiger partial charge in [-0.05, 0) is 25.3 Å². The van der Waals surface area contributed by atoms with Gasteiger partial charge in [-0.2, -0.15) is 0 Å². The smallest absolute Gasteiger partial charge is 0.326 e. The first-order valence-corrected chi connectivity index (χ1v) is 7.04. The number of rotatable bonds is 7. The number of nitro benzene ring substituents is 1. The number of amides is 1. The van der Waals surface area contributed by atoms with Crippen LogP contribution in [0.5, 0.6) is 5.75 Å². The topological polar surface area (TPSA) is 119 Å². The van der Waals surface area contributed by atoms with Gasteiger partial charge in [-0.1, -0.05) is 13.8 Å². The maximum atomic E-state index is 12.2. The summed E-state index contributed by atoms with van der Waals surface area (Å²) < 4.78 is 5.04. The average Bonchev–Trinajstić information content (AvgIpc) is 2.45. The van der Waals surface area contributed by atoms with E-state index < -0.39 is 22.8 Å². The van der Waals surface area contributed by atoms with E-state index in [0.717, 1.165) is 6.07 Å². The molecular formula is C15H20N2O6. The van der Waals surface area contributed by atoms with Crippen LogP contribution in [0.3, 0.4) is 0 Å². The molecule has 8 nitrogen and oxygen atoms in total. The standard InChI is InChI=1S/C15H20N2O6/c1-8(2)5-11(15(19)20)16-14(18)10-6-12(17(21)22)9(3)13(7-10)23-4/h6-8,11H,5H2,1-4H3,(H,16,18)(H,19,20). The van der Waals surface area contributed by atoms with Gasteiger partial charge in [0.05, 0.1) is 17.6 Å². The average molecular weight is 324 g/mol. The molecular weight excluding hydrogens is 304 g/mol. The van der Waals surface area contributed by atoms with E-state index in [4.69, 9.17) is 9.84 Å². The summed E-state index contributed by atoms with van der Waals surface area (Å²) in [5, 5.41) is 22.6. The Morgan fingerprint density at radius 3 is 2.43 bits per heavy atom. The Balaban J connectivity index is 3.14. The van der Waals surface area contributed by atoms with Crippen LogP contribution in [0.4, 0.5) is 5.69 Å². The SMILES string of the molecule is COc1cc(C(=O)NC(CC(C)C)C(=O)O)cc([N+](=O)[O-])c1C. The number of carbonyl (C=O) groups excluding carboxylic acids is 1. The number of ether oxygens (including phenoxy) is 1. The Morgan fingerprint density at radius 1 is 1.39 bits per heavy atom. The molecule has 1 rings (SSSR count). The molecule has 0 fully saturated rings. The van der Waals surface area contributed by atoms with E-state index in [1.54, 1.807) is 0 Å². The Labute approximate surface area is 133 Å². The van der Waals surface area contributed by atoms with E-state index in [1.807, 2.05) is 13.8 Å². The first-order valence-electron chi connectivity index (χ1n) is 7.04. The lowest BCUT2D eigenvalue weighted by atomic mass is 10.0. The van der Waals surface area contributed by atoms with Crippen LogP contribution in [0.25, 0.3) is 0 Å². The van der Waals surface area contributed by atoms with Crippen LogP contribution in [0.15, 0.2) is 12.1 Å². The normalized spacial score (nSPS) is 11.9. The van der Waals surface area contributed by atoms with Crippen molar-refractivity contribution in [3.05, 3.63) is 33.4 Å². The van der Waals surface area contributed by atoms with Crippen molar-refractivity contribution < 1.29 is 24.4 Å². The lowest BCUT2D eigenvalue weighted by Gasteiger charge is -2.17. The number of nitro groups is 1. The monoisotopic (exact) mass is 324 g/mol. The summed E-state index contributed by atoms with van der Waals surface area (Å²) in [4.78, 5) is 33.9. The van der Waals surface area contributed by atoms with Crippen molar-refractivity contribution in [2.24, 2.45) is 5.92 Å². The quantitative estimate of drug-likeness (QED) is 0.586. The van der Waals surface area contributed by atoms with E-state index in [2.05, 4.69) is 5.32 Å². The molecule has 1 aromatic rings. The summed E-state index contributed by atoms with van der Waals surface area (Å²) in [6.45, 7) is 5.18. The fourth-order valence-corrected chi connectivity index (χ4v) is 2.14.